The lowest BCUT2D eigenvalue weighted by molar-refractivity contribution is 0.0986. The molecule has 0 aliphatic carbocycles. The van der Waals surface area contributed by atoms with Gasteiger partial charge in [0.15, 0.2) is 5.82 Å². The van der Waals surface area contributed by atoms with Crippen LogP contribution in [0.1, 0.15) is 41.1 Å². The fourth-order valence-electron chi connectivity index (χ4n) is 2.26. The molecule has 5 heteroatoms. The smallest absolute Gasteiger partial charge is 0.284 e. The van der Waals surface area contributed by atoms with Crippen molar-refractivity contribution in [1.82, 2.24) is 14.9 Å². The summed E-state index contributed by atoms with van der Waals surface area (Å²) in [6.45, 7) is 5.83. The molecular weight excluding hydrogens is 264 g/mol. The molecule has 112 valence electrons. The standard InChI is InChI=1S/C16H22N4O/c1-12-4-6-14(7-5-12)13(2)18-8-3-10-20-11-9-19-16(20)15(17)21/h4-7,9,11,13,18H,3,8,10H2,1-2H3,(H2,17,21)/t13-/m0/s1. The van der Waals surface area contributed by atoms with Gasteiger partial charge in [-0.15, -0.1) is 0 Å². The SMILES string of the molecule is Cc1ccc([C@H](C)NCCCn2ccnc2C(N)=O)cc1. The highest BCUT2D eigenvalue weighted by atomic mass is 16.1. The third kappa shape index (κ3) is 4.16. The molecule has 0 saturated heterocycles. The number of aromatic nitrogens is 2. The Labute approximate surface area is 125 Å². The van der Waals surface area contributed by atoms with Crippen molar-refractivity contribution in [2.24, 2.45) is 5.73 Å². The predicted octanol–water partition coefficient (Wildman–Crippen LogP) is 2.03. The van der Waals surface area contributed by atoms with Crippen LogP contribution in [0.15, 0.2) is 36.7 Å². The number of amides is 1. The summed E-state index contributed by atoms with van der Waals surface area (Å²) in [7, 11) is 0. The van der Waals surface area contributed by atoms with Crippen LogP contribution in [0.4, 0.5) is 0 Å². The minimum Gasteiger partial charge on any atom is -0.363 e. The van der Waals surface area contributed by atoms with Crippen LogP contribution in [-0.2, 0) is 6.54 Å². The zero-order valence-electron chi connectivity index (χ0n) is 12.5. The van der Waals surface area contributed by atoms with Gasteiger partial charge in [-0.05, 0) is 32.4 Å². The summed E-state index contributed by atoms with van der Waals surface area (Å²) in [5, 5.41) is 3.48. The molecule has 1 atom stereocenters. The minimum atomic E-state index is -0.485. The Balaban J connectivity index is 1.78. The van der Waals surface area contributed by atoms with Gasteiger partial charge in [0.1, 0.15) is 0 Å². The van der Waals surface area contributed by atoms with E-state index < -0.39 is 5.91 Å². The molecule has 0 aliphatic rings. The Kier molecular flexibility index (Phi) is 5.11. The highest BCUT2D eigenvalue weighted by molar-refractivity contribution is 5.89. The third-order valence-corrected chi connectivity index (χ3v) is 3.54. The van der Waals surface area contributed by atoms with E-state index in [1.165, 1.54) is 11.1 Å². The Morgan fingerprint density at radius 3 is 2.76 bits per heavy atom. The van der Waals surface area contributed by atoms with E-state index in [0.29, 0.717) is 11.9 Å². The van der Waals surface area contributed by atoms with Crippen LogP contribution in [0.3, 0.4) is 0 Å². The predicted molar refractivity (Wildman–Crippen MR) is 83.0 cm³/mol. The first kappa shape index (κ1) is 15.3. The van der Waals surface area contributed by atoms with Crippen molar-refractivity contribution >= 4 is 5.91 Å². The first-order valence-corrected chi connectivity index (χ1v) is 7.19. The number of nitrogens with zero attached hydrogens (tertiary/aromatic N) is 2. The Hall–Kier alpha value is -2.14. The second-order valence-corrected chi connectivity index (χ2v) is 5.25. The summed E-state index contributed by atoms with van der Waals surface area (Å²) in [5.74, 6) is -0.164. The molecule has 3 N–H and O–H groups in total. The molecular formula is C16H22N4O. The van der Waals surface area contributed by atoms with Crippen LogP contribution in [-0.4, -0.2) is 22.0 Å². The van der Waals surface area contributed by atoms with Crippen molar-refractivity contribution in [3.05, 3.63) is 53.6 Å². The largest absolute Gasteiger partial charge is 0.363 e. The maximum Gasteiger partial charge on any atom is 0.284 e. The quantitative estimate of drug-likeness (QED) is 0.765. The van der Waals surface area contributed by atoms with Crippen LogP contribution in [0.5, 0.6) is 0 Å². The number of carbonyl (C=O) groups excluding carboxylic acids is 1. The second kappa shape index (κ2) is 7.04. The van der Waals surface area contributed by atoms with Gasteiger partial charge in [0.05, 0.1) is 0 Å². The van der Waals surface area contributed by atoms with Gasteiger partial charge in [-0.2, -0.15) is 0 Å². The molecule has 1 aromatic carbocycles. The molecule has 0 aliphatic heterocycles. The van der Waals surface area contributed by atoms with Crippen LogP contribution >= 0.6 is 0 Å². The van der Waals surface area contributed by atoms with E-state index in [4.69, 9.17) is 5.73 Å². The maximum atomic E-state index is 11.2. The lowest BCUT2D eigenvalue weighted by Crippen LogP contribution is -2.22. The molecule has 0 fully saturated rings. The maximum absolute atomic E-state index is 11.2. The number of nitrogens with one attached hydrogen (secondary N) is 1. The molecule has 0 spiro atoms. The zero-order valence-corrected chi connectivity index (χ0v) is 12.5. The van der Waals surface area contributed by atoms with Crippen molar-refractivity contribution < 1.29 is 4.79 Å². The summed E-state index contributed by atoms with van der Waals surface area (Å²) in [6.07, 6.45) is 4.29. The number of hydrogen-bond donors (Lipinski definition) is 2. The van der Waals surface area contributed by atoms with Crippen molar-refractivity contribution in [2.45, 2.75) is 32.9 Å². The van der Waals surface area contributed by atoms with Crippen molar-refractivity contribution in [1.29, 1.82) is 0 Å². The van der Waals surface area contributed by atoms with Gasteiger partial charge in [0, 0.05) is 25.0 Å². The molecule has 0 saturated carbocycles. The van der Waals surface area contributed by atoms with E-state index in [1.807, 2.05) is 0 Å². The molecule has 1 aromatic heterocycles. The monoisotopic (exact) mass is 286 g/mol. The van der Waals surface area contributed by atoms with E-state index in [2.05, 4.69) is 48.4 Å². The molecule has 2 rings (SSSR count). The van der Waals surface area contributed by atoms with E-state index >= 15 is 0 Å². The Morgan fingerprint density at radius 1 is 1.38 bits per heavy atom. The fraction of sp³-hybridized carbons (Fsp3) is 0.375. The molecule has 21 heavy (non-hydrogen) atoms. The molecule has 5 nitrogen and oxygen atoms in total. The van der Waals surface area contributed by atoms with Crippen LogP contribution in [0, 0.1) is 6.92 Å². The Bertz CT molecular complexity index is 589. The van der Waals surface area contributed by atoms with Crippen molar-refractivity contribution in [2.75, 3.05) is 6.54 Å². The molecule has 0 unspecified atom stereocenters. The number of imidazole rings is 1. The van der Waals surface area contributed by atoms with Crippen LogP contribution < -0.4 is 11.1 Å². The molecule has 1 amide bonds. The summed E-state index contributed by atoms with van der Waals surface area (Å²) in [5.41, 5.74) is 7.81. The van der Waals surface area contributed by atoms with Gasteiger partial charge in [-0.3, -0.25) is 4.79 Å². The van der Waals surface area contributed by atoms with Gasteiger partial charge >= 0.3 is 0 Å². The summed E-state index contributed by atoms with van der Waals surface area (Å²) >= 11 is 0. The average Bonchev–Trinajstić information content (AvgIpc) is 2.92. The summed E-state index contributed by atoms with van der Waals surface area (Å²) < 4.78 is 1.79. The lowest BCUT2D eigenvalue weighted by Gasteiger charge is -2.15. The molecule has 1 heterocycles. The first-order chi connectivity index (χ1) is 10.1. The zero-order chi connectivity index (χ0) is 15.2. The Morgan fingerprint density at radius 2 is 2.10 bits per heavy atom. The van der Waals surface area contributed by atoms with Gasteiger partial charge in [-0.1, -0.05) is 29.8 Å². The van der Waals surface area contributed by atoms with Gasteiger partial charge < -0.3 is 15.6 Å². The number of hydrogen-bond acceptors (Lipinski definition) is 3. The molecule has 2 aromatic rings. The van der Waals surface area contributed by atoms with Crippen molar-refractivity contribution in [3.8, 4) is 0 Å². The fourth-order valence-corrected chi connectivity index (χ4v) is 2.26. The van der Waals surface area contributed by atoms with Gasteiger partial charge in [-0.25, -0.2) is 4.98 Å². The second-order valence-electron chi connectivity index (χ2n) is 5.25. The first-order valence-electron chi connectivity index (χ1n) is 7.19. The summed E-state index contributed by atoms with van der Waals surface area (Å²) in [6, 6.07) is 8.85. The third-order valence-electron chi connectivity index (χ3n) is 3.54. The minimum absolute atomic E-state index is 0.309. The number of benzene rings is 1. The normalized spacial score (nSPS) is 12.3. The van der Waals surface area contributed by atoms with E-state index in [-0.39, 0.29) is 0 Å². The van der Waals surface area contributed by atoms with Crippen molar-refractivity contribution in [3.63, 3.8) is 0 Å². The number of rotatable bonds is 7. The number of nitrogens with two attached hydrogens (primary N) is 1. The number of primary amides is 1. The number of carbonyl (C=O) groups is 1. The van der Waals surface area contributed by atoms with E-state index in [0.717, 1.165) is 19.5 Å². The average molecular weight is 286 g/mol. The molecule has 0 radical (unpaired) electrons. The highest BCUT2D eigenvalue weighted by Gasteiger charge is 2.08. The van der Waals surface area contributed by atoms with Gasteiger partial charge in [0.2, 0.25) is 0 Å². The lowest BCUT2D eigenvalue weighted by atomic mass is 10.1. The van der Waals surface area contributed by atoms with E-state index in [1.54, 1.807) is 17.0 Å². The van der Waals surface area contributed by atoms with Gasteiger partial charge in [0.25, 0.3) is 5.91 Å². The van der Waals surface area contributed by atoms with Crippen LogP contribution in [0.2, 0.25) is 0 Å². The summed E-state index contributed by atoms with van der Waals surface area (Å²) in [4.78, 5) is 15.1. The highest BCUT2D eigenvalue weighted by Crippen LogP contribution is 2.12. The molecule has 0 bridgehead atoms. The van der Waals surface area contributed by atoms with E-state index in [9.17, 15) is 4.79 Å². The van der Waals surface area contributed by atoms with Crippen LogP contribution in [0.25, 0.3) is 0 Å². The topological polar surface area (TPSA) is 72.9 Å². The number of aryl methyl sites for hydroxylation is 2.